The molecule has 3 aliphatic rings. The summed E-state index contributed by atoms with van der Waals surface area (Å²) in [5, 5.41) is 7.80. The van der Waals surface area contributed by atoms with Gasteiger partial charge in [-0.15, -0.1) is 5.06 Å². The molecule has 8 nitrogen and oxygen atoms in total. The van der Waals surface area contributed by atoms with Crippen LogP contribution in [0.1, 0.15) is 32.1 Å². The fraction of sp³-hybridized carbons (Fsp3) is 0.889. The number of carbonyl (C=O) groups is 2. The highest BCUT2D eigenvalue weighted by Crippen LogP contribution is 2.15. The van der Waals surface area contributed by atoms with Gasteiger partial charge in [0.2, 0.25) is 6.41 Å². The van der Waals surface area contributed by atoms with E-state index < -0.39 is 6.04 Å². The maximum atomic E-state index is 12.5. The van der Waals surface area contributed by atoms with Gasteiger partial charge in [0, 0.05) is 38.8 Å². The van der Waals surface area contributed by atoms with Crippen LogP contribution in [-0.4, -0.2) is 98.2 Å². The Kier molecular flexibility index (Phi) is 7.67. The van der Waals surface area contributed by atoms with Crippen LogP contribution in [0.4, 0.5) is 0 Å². The summed E-state index contributed by atoms with van der Waals surface area (Å²) in [5.74, 6) is -0.349. The summed E-state index contributed by atoms with van der Waals surface area (Å²) >= 11 is 0. The average Bonchev–Trinajstić information content (AvgIpc) is 2.70. The summed E-state index contributed by atoms with van der Waals surface area (Å²) in [6.45, 7) is 8.00. The molecule has 1 atom stereocenters. The number of hydrogen-bond acceptors (Lipinski definition) is 7. The largest absolute Gasteiger partial charge is 0.366 e. The fourth-order valence-corrected chi connectivity index (χ4v) is 4.20. The minimum absolute atomic E-state index is 0.349. The lowest BCUT2D eigenvalue weighted by Crippen LogP contribution is -2.54. The number of rotatable bonds is 7. The van der Waals surface area contributed by atoms with E-state index in [1.165, 1.54) is 19.3 Å². The summed E-state index contributed by atoms with van der Waals surface area (Å²) in [5.41, 5.74) is 0. The molecule has 148 valence electrons. The zero-order chi connectivity index (χ0) is 18.2. The Morgan fingerprint density at radius 3 is 2.42 bits per heavy atom. The second-order valence-corrected chi connectivity index (χ2v) is 7.55. The molecular weight excluding hydrogens is 334 g/mol. The highest BCUT2D eigenvalue weighted by atomic mass is 16.7. The van der Waals surface area contributed by atoms with Gasteiger partial charge in [-0.25, -0.2) is 4.79 Å². The molecule has 1 amide bonds. The molecule has 0 radical (unpaired) electrons. The monoisotopic (exact) mass is 367 g/mol. The van der Waals surface area contributed by atoms with Crippen molar-refractivity contribution in [2.45, 2.75) is 44.2 Å². The van der Waals surface area contributed by atoms with Crippen LogP contribution in [0.25, 0.3) is 0 Å². The Morgan fingerprint density at radius 2 is 1.77 bits per heavy atom. The van der Waals surface area contributed by atoms with Gasteiger partial charge in [-0.05, 0) is 51.9 Å². The maximum Gasteiger partial charge on any atom is 0.348 e. The number of hydrogen-bond donors (Lipinski definition) is 2. The van der Waals surface area contributed by atoms with Gasteiger partial charge in [-0.3, -0.25) is 9.69 Å². The second kappa shape index (κ2) is 10.2. The highest BCUT2D eigenvalue weighted by molar-refractivity contribution is 5.78. The molecule has 3 saturated heterocycles. The number of hydroxylamine groups is 2. The van der Waals surface area contributed by atoms with Crippen LogP contribution in [0.5, 0.6) is 0 Å². The number of carbonyl (C=O) groups excluding carboxylic acids is 2. The molecule has 0 spiro atoms. The molecule has 26 heavy (non-hydrogen) atoms. The summed E-state index contributed by atoms with van der Waals surface area (Å²) in [6, 6.07) is 0.0609. The zero-order valence-corrected chi connectivity index (χ0v) is 15.7. The predicted molar refractivity (Wildman–Crippen MR) is 98.4 cm³/mol. The van der Waals surface area contributed by atoms with Gasteiger partial charge >= 0.3 is 5.97 Å². The predicted octanol–water partition coefficient (Wildman–Crippen LogP) is -0.585. The first-order valence-corrected chi connectivity index (χ1v) is 10.1. The quantitative estimate of drug-likeness (QED) is 0.583. The number of nitrogens with zero attached hydrogens (tertiary/aromatic N) is 3. The highest BCUT2D eigenvalue weighted by Gasteiger charge is 2.29. The number of piperazine rings is 1. The average molecular weight is 367 g/mol. The molecule has 1 unspecified atom stereocenters. The molecule has 8 heteroatoms. The molecule has 3 fully saturated rings. The van der Waals surface area contributed by atoms with Crippen LogP contribution in [0.15, 0.2) is 0 Å². The van der Waals surface area contributed by atoms with E-state index in [9.17, 15) is 9.59 Å². The third-order valence-electron chi connectivity index (χ3n) is 5.76. The normalized spacial score (nSPS) is 25.5. The summed E-state index contributed by atoms with van der Waals surface area (Å²) in [4.78, 5) is 33.8. The molecule has 0 aromatic rings. The topological polar surface area (TPSA) is 77.2 Å². The molecule has 3 heterocycles. The van der Waals surface area contributed by atoms with E-state index in [1.807, 2.05) is 0 Å². The fourth-order valence-electron chi connectivity index (χ4n) is 4.20. The van der Waals surface area contributed by atoms with Crippen LogP contribution in [0, 0.1) is 0 Å². The summed E-state index contributed by atoms with van der Waals surface area (Å²) in [6.07, 6.45) is 6.55. The van der Waals surface area contributed by atoms with Gasteiger partial charge in [0.25, 0.3) is 0 Å². The van der Waals surface area contributed by atoms with E-state index in [1.54, 1.807) is 5.06 Å². The summed E-state index contributed by atoms with van der Waals surface area (Å²) in [7, 11) is 0. The van der Waals surface area contributed by atoms with Gasteiger partial charge in [0.05, 0.1) is 0 Å². The van der Waals surface area contributed by atoms with Gasteiger partial charge in [0.1, 0.15) is 6.04 Å². The van der Waals surface area contributed by atoms with E-state index in [-0.39, 0.29) is 5.97 Å². The van der Waals surface area contributed by atoms with Crippen molar-refractivity contribution < 1.29 is 14.4 Å². The second-order valence-electron chi connectivity index (χ2n) is 7.55. The molecule has 3 aliphatic heterocycles. The SMILES string of the molecule is O=CNC(CN1CCCCC1)C(=O)ON1CCN(C2CCNCC2)CC1. The Hall–Kier alpha value is -1.22. The lowest BCUT2D eigenvalue weighted by Gasteiger charge is -2.40. The lowest BCUT2D eigenvalue weighted by atomic mass is 10.0. The molecule has 0 bridgehead atoms. The van der Waals surface area contributed by atoms with Crippen LogP contribution >= 0.6 is 0 Å². The first kappa shape index (κ1) is 19.5. The van der Waals surface area contributed by atoms with Crippen molar-refractivity contribution in [1.29, 1.82) is 0 Å². The minimum Gasteiger partial charge on any atom is -0.366 e. The first-order valence-electron chi connectivity index (χ1n) is 10.1. The zero-order valence-electron chi connectivity index (χ0n) is 15.7. The molecular formula is C18H33N5O3. The Labute approximate surface area is 156 Å². The number of piperidine rings is 2. The van der Waals surface area contributed by atoms with Crippen LogP contribution < -0.4 is 10.6 Å². The number of amides is 1. The molecule has 2 N–H and O–H groups in total. The van der Waals surface area contributed by atoms with Crippen LogP contribution in [-0.2, 0) is 14.4 Å². The van der Waals surface area contributed by atoms with E-state index in [4.69, 9.17) is 4.84 Å². The van der Waals surface area contributed by atoms with Crippen LogP contribution in [0.3, 0.4) is 0 Å². The standard InChI is InChI=1S/C18H33N5O3/c24-15-20-17(14-21-8-2-1-3-9-21)18(25)26-23-12-10-22(11-13-23)16-4-6-19-7-5-16/h15-17,19H,1-14H2,(H,20,24). The Morgan fingerprint density at radius 1 is 1.08 bits per heavy atom. The van der Waals surface area contributed by atoms with Gasteiger partial charge in [-0.2, -0.15) is 0 Å². The lowest BCUT2D eigenvalue weighted by molar-refractivity contribution is -0.201. The Bertz CT molecular complexity index is 444. The van der Waals surface area contributed by atoms with E-state index in [0.29, 0.717) is 19.0 Å². The van der Waals surface area contributed by atoms with Crippen molar-refractivity contribution >= 4 is 12.4 Å². The smallest absolute Gasteiger partial charge is 0.348 e. The van der Waals surface area contributed by atoms with Crippen molar-refractivity contribution in [2.24, 2.45) is 0 Å². The third-order valence-corrected chi connectivity index (χ3v) is 5.76. The van der Waals surface area contributed by atoms with Gasteiger partial charge in [0.15, 0.2) is 0 Å². The van der Waals surface area contributed by atoms with Crippen molar-refractivity contribution in [2.75, 3.05) is 58.9 Å². The number of nitrogens with one attached hydrogen (secondary N) is 2. The maximum absolute atomic E-state index is 12.5. The molecule has 0 aromatic heterocycles. The van der Waals surface area contributed by atoms with Crippen molar-refractivity contribution in [3.8, 4) is 0 Å². The van der Waals surface area contributed by atoms with Crippen molar-refractivity contribution in [1.82, 2.24) is 25.5 Å². The molecule has 0 aliphatic carbocycles. The summed E-state index contributed by atoms with van der Waals surface area (Å²) < 4.78 is 0. The van der Waals surface area contributed by atoms with E-state index in [0.717, 1.165) is 65.2 Å². The van der Waals surface area contributed by atoms with Gasteiger partial charge < -0.3 is 20.4 Å². The third kappa shape index (κ3) is 5.64. The minimum atomic E-state index is -0.590. The molecule has 3 rings (SSSR count). The molecule has 0 aromatic carbocycles. The van der Waals surface area contributed by atoms with Gasteiger partial charge in [-0.1, -0.05) is 6.42 Å². The molecule has 0 saturated carbocycles. The first-order chi connectivity index (χ1) is 12.8. The Balaban J connectivity index is 1.43. The van der Waals surface area contributed by atoms with Crippen molar-refractivity contribution in [3.63, 3.8) is 0 Å². The van der Waals surface area contributed by atoms with E-state index in [2.05, 4.69) is 20.4 Å². The van der Waals surface area contributed by atoms with E-state index >= 15 is 0 Å². The number of likely N-dealkylation sites (tertiary alicyclic amines) is 1. The van der Waals surface area contributed by atoms with Crippen LogP contribution in [0.2, 0.25) is 0 Å². The van der Waals surface area contributed by atoms with Crippen molar-refractivity contribution in [3.05, 3.63) is 0 Å².